The van der Waals surface area contributed by atoms with Gasteiger partial charge in [-0.25, -0.2) is 0 Å². The van der Waals surface area contributed by atoms with E-state index in [1.165, 1.54) is 4.90 Å². The molecule has 1 aliphatic rings. The normalized spacial score (nSPS) is 18.9. The molecule has 0 saturated carbocycles. The summed E-state index contributed by atoms with van der Waals surface area (Å²) in [4.78, 5) is 25.5. The molecule has 0 spiro atoms. The zero-order valence-corrected chi connectivity index (χ0v) is 11.2. The minimum atomic E-state index is -0.779. The highest BCUT2D eigenvalue weighted by atomic mass is 16.5. The van der Waals surface area contributed by atoms with Crippen LogP contribution in [-0.2, 0) is 9.53 Å². The molecule has 21 heavy (non-hydrogen) atoms. The summed E-state index contributed by atoms with van der Waals surface area (Å²) in [6.45, 7) is 0.759. The molecule has 110 valence electrons. The summed E-state index contributed by atoms with van der Waals surface area (Å²) < 4.78 is 5.20. The highest BCUT2D eigenvalue weighted by Gasteiger charge is 2.33. The number of primary amides is 1. The van der Waals surface area contributed by atoms with E-state index < -0.39 is 11.9 Å². The third-order valence-corrected chi connectivity index (χ3v) is 3.51. The number of aromatic nitrogens is 2. The third-order valence-electron chi connectivity index (χ3n) is 3.51. The minimum absolute atomic E-state index is 0.103. The van der Waals surface area contributed by atoms with E-state index in [-0.39, 0.29) is 18.2 Å². The monoisotopic (exact) mass is 289 g/mol. The Morgan fingerprint density at radius 3 is 3.00 bits per heavy atom. The number of nitrogens with two attached hydrogens (primary N) is 2. The van der Waals surface area contributed by atoms with Crippen molar-refractivity contribution in [2.45, 2.75) is 6.04 Å². The van der Waals surface area contributed by atoms with Gasteiger partial charge in [0.2, 0.25) is 5.91 Å². The first kappa shape index (κ1) is 13.4. The van der Waals surface area contributed by atoms with Crippen LogP contribution in [0.2, 0.25) is 0 Å². The molecule has 8 heteroatoms. The van der Waals surface area contributed by atoms with Crippen LogP contribution in [0.3, 0.4) is 0 Å². The van der Waals surface area contributed by atoms with Gasteiger partial charge in [0.15, 0.2) is 5.69 Å². The fraction of sp³-hybridized carbons (Fsp3) is 0.308. The van der Waals surface area contributed by atoms with Gasteiger partial charge >= 0.3 is 0 Å². The molecule has 1 saturated heterocycles. The van der Waals surface area contributed by atoms with Gasteiger partial charge in [-0.1, -0.05) is 0 Å². The Morgan fingerprint density at radius 1 is 1.43 bits per heavy atom. The lowest BCUT2D eigenvalue weighted by atomic mass is 10.1. The summed E-state index contributed by atoms with van der Waals surface area (Å²) in [5.74, 6) is -0.957. The van der Waals surface area contributed by atoms with Gasteiger partial charge in [0.1, 0.15) is 6.04 Å². The summed E-state index contributed by atoms with van der Waals surface area (Å²) in [5, 5.41) is 7.44. The average molecular weight is 289 g/mol. The number of rotatable bonds is 2. The van der Waals surface area contributed by atoms with Gasteiger partial charge in [-0.3, -0.25) is 14.7 Å². The predicted octanol–water partition coefficient (Wildman–Crippen LogP) is -0.529. The summed E-state index contributed by atoms with van der Waals surface area (Å²) >= 11 is 0. The first-order valence-corrected chi connectivity index (χ1v) is 6.49. The molecule has 0 bridgehead atoms. The lowest BCUT2D eigenvalue weighted by Gasteiger charge is -2.33. The number of anilines is 1. The van der Waals surface area contributed by atoms with Gasteiger partial charge in [-0.05, 0) is 18.2 Å². The number of amides is 2. The number of ether oxygens (including phenoxy) is 1. The molecule has 2 amide bonds. The standard InChI is InChI=1S/C13H15N5O3/c14-7-1-2-9-8(5-7)11(17-16-9)13(20)18-3-4-21-6-10(18)12(15)19/h1-2,5,10H,3-4,6,14H2,(H2,15,19)(H,16,17). The summed E-state index contributed by atoms with van der Waals surface area (Å²) in [7, 11) is 0. The molecule has 0 radical (unpaired) electrons. The molecule has 1 aromatic heterocycles. The molecule has 5 N–H and O–H groups in total. The van der Waals surface area contributed by atoms with E-state index in [1.807, 2.05) is 0 Å². The number of carbonyl (C=O) groups is 2. The quantitative estimate of drug-likeness (QED) is 0.640. The third kappa shape index (κ3) is 2.29. The summed E-state index contributed by atoms with van der Waals surface area (Å²) in [6.07, 6.45) is 0. The van der Waals surface area contributed by atoms with E-state index in [0.29, 0.717) is 29.7 Å². The number of nitrogen functional groups attached to an aromatic ring is 1. The molecular formula is C13H15N5O3. The smallest absolute Gasteiger partial charge is 0.275 e. The fourth-order valence-electron chi connectivity index (χ4n) is 2.41. The van der Waals surface area contributed by atoms with Crippen molar-refractivity contribution in [1.82, 2.24) is 15.1 Å². The van der Waals surface area contributed by atoms with Crippen molar-refractivity contribution in [3.63, 3.8) is 0 Å². The summed E-state index contributed by atoms with van der Waals surface area (Å²) in [6, 6.07) is 4.36. The van der Waals surface area contributed by atoms with Crippen LogP contribution in [0.5, 0.6) is 0 Å². The number of hydrogen-bond donors (Lipinski definition) is 3. The van der Waals surface area contributed by atoms with Crippen LogP contribution in [0.25, 0.3) is 10.9 Å². The first-order chi connectivity index (χ1) is 10.1. The number of morpholine rings is 1. The molecule has 0 aliphatic carbocycles. The average Bonchev–Trinajstić information content (AvgIpc) is 2.89. The van der Waals surface area contributed by atoms with Crippen LogP contribution < -0.4 is 11.5 Å². The Morgan fingerprint density at radius 2 is 2.24 bits per heavy atom. The predicted molar refractivity (Wildman–Crippen MR) is 75.3 cm³/mol. The van der Waals surface area contributed by atoms with Gasteiger partial charge in [0.25, 0.3) is 5.91 Å². The van der Waals surface area contributed by atoms with Crippen LogP contribution in [0.15, 0.2) is 18.2 Å². The Labute approximate surface area is 120 Å². The van der Waals surface area contributed by atoms with Crippen molar-refractivity contribution in [2.24, 2.45) is 5.73 Å². The topological polar surface area (TPSA) is 127 Å². The highest BCUT2D eigenvalue weighted by molar-refractivity contribution is 6.06. The molecule has 1 atom stereocenters. The maximum Gasteiger partial charge on any atom is 0.275 e. The largest absolute Gasteiger partial charge is 0.399 e. The van der Waals surface area contributed by atoms with E-state index in [1.54, 1.807) is 18.2 Å². The van der Waals surface area contributed by atoms with Crippen LogP contribution in [-0.4, -0.2) is 52.7 Å². The van der Waals surface area contributed by atoms with E-state index in [4.69, 9.17) is 16.2 Å². The van der Waals surface area contributed by atoms with Crippen molar-refractivity contribution in [1.29, 1.82) is 0 Å². The first-order valence-electron chi connectivity index (χ1n) is 6.49. The number of carbonyl (C=O) groups excluding carboxylic acids is 2. The lowest BCUT2D eigenvalue weighted by Crippen LogP contribution is -2.54. The maximum absolute atomic E-state index is 12.6. The SMILES string of the molecule is NC(=O)C1COCCN1C(=O)c1n[nH]c2ccc(N)cc12. The lowest BCUT2D eigenvalue weighted by molar-refractivity contribution is -0.127. The zero-order valence-electron chi connectivity index (χ0n) is 11.2. The number of benzene rings is 1. The van der Waals surface area contributed by atoms with Gasteiger partial charge in [0.05, 0.1) is 18.7 Å². The van der Waals surface area contributed by atoms with Gasteiger partial charge in [0, 0.05) is 17.6 Å². The van der Waals surface area contributed by atoms with Crippen LogP contribution in [0.4, 0.5) is 5.69 Å². The molecule has 3 rings (SSSR count). The highest BCUT2D eigenvalue weighted by Crippen LogP contribution is 2.21. The van der Waals surface area contributed by atoms with E-state index in [9.17, 15) is 9.59 Å². The Kier molecular flexibility index (Phi) is 3.22. The molecule has 2 aromatic rings. The zero-order chi connectivity index (χ0) is 15.0. The van der Waals surface area contributed by atoms with Gasteiger partial charge in [-0.15, -0.1) is 0 Å². The van der Waals surface area contributed by atoms with Gasteiger partial charge < -0.3 is 21.1 Å². The molecule has 1 unspecified atom stereocenters. The molecule has 8 nitrogen and oxygen atoms in total. The van der Waals surface area contributed by atoms with E-state index in [2.05, 4.69) is 10.2 Å². The van der Waals surface area contributed by atoms with Crippen LogP contribution in [0.1, 0.15) is 10.5 Å². The van der Waals surface area contributed by atoms with Crippen molar-refractivity contribution >= 4 is 28.4 Å². The Hall–Kier alpha value is -2.61. The molecule has 1 fully saturated rings. The second kappa shape index (κ2) is 5.06. The fourth-order valence-corrected chi connectivity index (χ4v) is 2.41. The number of aromatic amines is 1. The number of hydrogen-bond acceptors (Lipinski definition) is 5. The Bertz CT molecular complexity index is 711. The second-order valence-corrected chi connectivity index (χ2v) is 4.87. The van der Waals surface area contributed by atoms with Crippen LogP contribution in [0, 0.1) is 0 Å². The van der Waals surface area contributed by atoms with Crippen molar-refractivity contribution < 1.29 is 14.3 Å². The molecule has 2 heterocycles. The molecule has 1 aliphatic heterocycles. The van der Waals surface area contributed by atoms with Crippen LogP contribution >= 0.6 is 0 Å². The van der Waals surface area contributed by atoms with Crippen molar-refractivity contribution in [2.75, 3.05) is 25.5 Å². The Balaban J connectivity index is 1.99. The van der Waals surface area contributed by atoms with Gasteiger partial charge in [-0.2, -0.15) is 5.10 Å². The second-order valence-electron chi connectivity index (χ2n) is 4.87. The number of H-pyrrole nitrogens is 1. The van der Waals surface area contributed by atoms with E-state index >= 15 is 0 Å². The van der Waals surface area contributed by atoms with Crippen molar-refractivity contribution in [3.05, 3.63) is 23.9 Å². The summed E-state index contributed by atoms with van der Waals surface area (Å²) in [5.41, 5.74) is 12.5. The van der Waals surface area contributed by atoms with Crippen molar-refractivity contribution in [3.8, 4) is 0 Å². The molecule has 1 aromatic carbocycles. The molecular weight excluding hydrogens is 274 g/mol. The number of nitrogens with one attached hydrogen (secondary N) is 1. The van der Waals surface area contributed by atoms with E-state index in [0.717, 1.165) is 0 Å². The number of fused-ring (bicyclic) bond motifs is 1. The number of nitrogens with zero attached hydrogens (tertiary/aromatic N) is 2. The minimum Gasteiger partial charge on any atom is -0.399 e. The maximum atomic E-state index is 12.6.